The summed E-state index contributed by atoms with van der Waals surface area (Å²) in [6.07, 6.45) is 0.0290. The molecule has 4 heteroatoms. The largest absolute Gasteiger partial charge is 0.480 e. The molecule has 0 aliphatic carbocycles. The van der Waals surface area contributed by atoms with E-state index in [1.165, 1.54) is 0 Å². The molecule has 4 nitrogen and oxygen atoms in total. The van der Waals surface area contributed by atoms with Gasteiger partial charge in [-0.3, -0.25) is 9.59 Å². The SMILES string of the molecule is Cc1cc(C)c(NC(=O)[C@@H](C)Oc2ccc3ccccc3c2C=O)c(C)c1. The summed E-state index contributed by atoms with van der Waals surface area (Å²) in [5.74, 6) is 0.152. The molecule has 0 saturated heterocycles. The summed E-state index contributed by atoms with van der Waals surface area (Å²) in [5, 5.41) is 4.71. The van der Waals surface area contributed by atoms with Crippen molar-refractivity contribution in [3.63, 3.8) is 0 Å². The quantitative estimate of drug-likeness (QED) is 0.652. The number of nitrogens with one attached hydrogen (secondary N) is 1. The number of benzene rings is 3. The van der Waals surface area contributed by atoms with Gasteiger partial charge in [-0.25, -0.2) is 0 Å². The highest BCUT2D eigenvalue weighted by atomic mass is 16.5. The Morgan fingerprint density at radius 2 is 1.70 bits per heavy atom. The van der Waals surface area contributed by atoms with E-state index in [1.807, 2.05) is 63.2 Å². The van der Waals surface area contributed by atoms with Crippen LogP contribution in [-0.4, -0.2) is 18.3 Å². The average molecular weight is 361 g/mol. The molecular weight excluding hydrogens is 338 g/mol. The molecule has 3 rings (SSSR count). The van der Waals surface area contributed by atoms with Crippen LogP contribution in [0.1, 0.15) is 34.0 Å². The van der Waals surface area contributed by atoms with E-state index in [9.17, 15) is 9.59 Å². The molecule has 0 fully saturated rings. The zero-order valence-corrected chi connectivity index (χ0v) is 16.0. The molecule has 0 saturated carbocycles. The Hall–Kier alpha value is -3.14. The molecule has 3 aromatic carbocycles. The van der Waals surface area contributed by atoms with E-state index in [-0.39, 0.29) is 5.91 Å². The molecule has 1 N–H and O–H groups in total. The minimum atomic E-state index is -0.745. The molecule has 1 atom stereocenters. The highest BCUT2D eigenvalue weighted by molar-refractivity contribution is 6.01. The maximum Gasteiger partial charge on any atom is 0.265 e. The zero-order valence-electron chi connectivity index (χ0n) is 16.0. The number of aryl methyl sites for hydroxylation is 3. The van der Waals surface area contributed by atoms with Crippen molar-refractivity contribution in [1.82, 2.24) is 0 Å². The number of carbonyl (C=O) groups is 2. The first-order valence-corrected chi connectivity index (χ1v) is 8.93. The summed E-state index contributed by atoms with van der Waals surface area (Å²) >= 11 is 0. The lowest BCUT2D eigenvalue weighted by Gasteiger charge is -2.19. The summed E-state index contributed by atoms with van der Waals surface area (Å²) < 4.78 is 5.84. The van der Waals surface area contributed by atoms with Gasteiger partial charge in [-0.05, 0) is 55.7 Å². The number of hydrogen-bond acceptors (Lipinski definition) is 3. The van der Waals surface area contributed by atoms with E-state index >= 15 is 0 Å². The summed E-state index contributed by atoms with van der Waals surface area (Å²) in [6.45, 7) is 7.64. The number of amides is 1. The zero-order chi connectivity index (χ0) is 19.6. The molecule has 0 spiro atoms. The standard InChI is InChI=1S/C23H23NO3/c1-14-11-15(2)22(16(3)12-14)24-23(26)17(4)27-21-10-9-18-7-5-6-8-19(18)20(21)13-25/h5-13,17H,1-4H3,(H,24,26)/t17-/m1/s1. The second-order valence-corrected chi connectivity index (χ2v) is 6.84. The number of ether oxygens (including phenoxy) is 1. The van der Waals surface area contributed by atoms with Crippen LogP contribution in [0.5, 0.6) is 5.75 Å². The van der Waals surface area contributed by atoms with Crippen LogP contribution in [0, 0.1) is 20.8 Å². The number of hydrogen-bond donors (Lipinski definition) is 1. The minimum Gasteiger partial charge on any atom is -0.480 e. The van der Waals surface area contributed by atoms with Crippen LogP contribution in [0.3, 0.4) is 0 Å². The predicted molar refractivity (Wildman–Crippen MR) is 109 cm³/mol. The van der Waals surface area contributed by atoms with Crippen LogP contribution >= 0.6 is 0 Å². The number of anilines is 1. The fourth-order valence-electron chi connectivity index (χ4n) is 3.35. The molecule has 27 heavy (non-hydrogen) atoms. The number of carbonyl (C=O) groups excluding carboxylic acids is 2. The first-order chi connectivity index (χ1) is 12.9. The minimum absolute atomic E-state index is 0.255. The van der Waals surface area contributed by atoms with Gasteiger partial charge in [-0.15, -0.1) is 0 Å². The van der Waals surface area contributed by atoms with E-state index in [0.29, 0.717) is 11.3 Å². The molecule has 0 radical (unpaired) electrons. The molecule has 1 amide bonds. The van der Waals surface area contributed by atoms with Gasteiger partial charge < -0.3 is 10.1 Å². The molecule has 0 aliphatic heterocycles. The van der Waals surface area contributed by atoms with Crippen molar-refractivity contribution in [2.75, 3.05) is 5.32 Å². The first kappa shape index (κ1) is 18.6. The summed E-state index contributed by atoms with van der Waals surface area (Å²) in [5.41, 5.74) is 4.42. The van der Waals surface area contributed by atoms with Gasteiger partial charge in [0.1, 0.15) is 5.75 Å². The smallest absolute Gasteiger partial charge is 0.265 e. The summed E-state index contributed by atoms with van der Waals surface area (Å²) in [4.78, 5) is 24.3. The van der Waals surface area contributed by atoms with Crippen molar-refractivity contribution in [2.24, 2.45) is 0 Å². The molecule has 138 valence electrons. The monoisotopic (exact) mass is 361 g/mol. The fraction of sp³-hybridized carbons (Fsp3) is 0.217. The van der Waals surface area contributed by atoms with E-state index in [2.05, 4.69) is 5.32 Å². The molecular formula is C23H23NO3. The maximum absolute atomic E-state index is 12.6. The number of fused-ring (bicyclic) bond motifs is 1. The second-order valence-electron chi connectivity index (χ2n) is 6.84. The Morgan fingerprint density at radius 3 is 2.37 bits per heavy atom. The fourth-order valence-corrected chi connectivity index (χ4v) is 3.35. The first-order valence-electron chi connectivity index (χ1n) is 8.93. The molecule has 0 bridgehead atoms. The normalized spacial score (nSPS) is 11.9. The van der Waals surface area contributed by atoms with E-state index in [0.717, 1.165) is 39.4 Å². The van der Waals surface area contributed by atoms with Crippen molar-refractivity contribution in [3.8, 4) is 5.75 Å². The molecule has 0 unspecified atom stereocenters. The Balaban J connectivity index is 1.83. The van der Waals surface area contributed by atoms with Gasteiger partial charge in [0.05, 0.1) is 5.56 Å². The Kier molecular flexibility index (Phi) is 5.26. The van der Waals surface area contributed by atoms with Gasteiger partial charge in [-0.1, -0.05) is 48.0 Å². The Bertz CT molecular complexity index is 1000. The van der Waals surface area contributed by atoms with Crippen molar-refractivity contribution < 1.29 is 14.3 Å². The lowest BCUT2D eigenvalue weighted by molar-refractivity contribution is -0.122. The molecule has 3 aromatic rings. The third-order valence-electron chi connectivity index (χ3n) is 4.65. The van der Waals surface area contributed by atoms with Gasteiger partial charge in [0.2, 0.25) is 0 Å². The van der Waals surface area contributed by atoms with E-state index < -0.39 is 6.10 Å². The van der Waals surface area contributed by atoms with Crippen LogP contribution in [0.25, 0.3) is 10.8 Å². The van der Waals surface area contributed by atoms with Crippen LogP contribution in [0.4, 0.5) is 5.69 Å². The van der Waals surface area contributed by atoms with E-state index in [1.54, 1.807) is 13.0 Å². The summed E-state index contributed by atoms with van der Waals surface area (Å²) in [6, 6.07) is 15.3. The predicted octanol–water partition coefficient (Wildman–Crippen LogP) is 4.98. The van der Waals surface area contributed by atoms with Crippen LogP contribution in [0.15, 0.2) is 48.5 Å². The van der Waals surface area contributed by atoms with Crippen LogP contribution < -0.4 is 10.1 Å². The number of rotatable bonds is 5. The van der Waals surface area contributed by atoms with Gasteiger partial charge in [0.15, 0.2) is 12.4 Å². The molecule has 0 aromatic heterocycles. The lowest BCUT2D eigenvalue weighted by Crippen LogP contribution is -2.31. The molecule has 0 heterocycles. The Morgan fingerprint density at radius 1 is 1.04 bits per heavy atom. The average Bonchev–Trinajstić information content (AvgIpc) is 2.64. The van der Waals surface area contributed by atoms with Crippen molar-refractivity contribution in [2.45, 2.75) is 33.8 Å². The van der Waals surface area contributed by atoms with Gasteiger partial charge in [-0.2, -0.15) is 0 Å². The van der Waals surface area contributed by atoms with Crippen LogP contribution in [-0.2, 0) is 4.79 Å². The third-order valence-corrected chi connectivity index (χ3v) is 4.65. The van der Waals surface area contributed by atoms with Gasteiger partial charge in [0, 0.05) is 5.69 Å². The van der Waals surface area contributed by atoms with E-state index in [4.69, 9.17) is 4.74 Å². The maximum atomic E-state index is 12.6. The lowest BCUT2D eigenvalue weighted by atomic mass is 10.0. The van der Waals surface area contributed by atoms with Gasteiger partial charge >= 0.3 is 0 Å². The number of aldehydes is 1. The van der Waals surface area contributed by atoms with Gasteiger partial charge in [0.25, 0.3) is 5.91 Å². The van der Waals surface area contributed by atoms with Crippen molar-refractivity contribution >= 4 is 28.7 Å². The highest BCUT2D eigenvalue weighted by Crippen LogP contribution is 2.28. The van der Waals surface area contributed by atoms with Crippen molar-refractivity contribution in [1.29, 1.82) is 0 Å². The summed E-state index contributed by atoms with van der Waals surface area (Å²) in [7, 11) is 0. The third kappa shape index (κ3) is 3.85. The van der Waals surface area contributed by atoms with Crippen molar-refractivity contribution in [3.05, 3.63) is 70.8 Å². The topological polar surface area (TPSA) is 55.4 Å². The highest BCUT2D eigenvalue weighted by Gasteiger charge is 2.19. The molecule has 0 aliphatic rings. The second kappa shape index (κ2) is 7.62. The Labute approximate surface area is 159 Å². The van der Waals surface area contributed by atoms with Crippen LogP contribution in [0.2, 0.25) is 0 Å².